The standard InChI is InChI=1S/C30H36N8O2/c1-31-29(39)22-7-3-4-8-23(22)33-28-27-25(11-14-32-27)35-30(36-28)34-24-10-9-21(19-26(24)40-2)38-17-12-20(13-18-38)37-15-5-6-16-37/h3-4,7-11,14,19-20,32H,5-6,12-13,15-18H2,1-2H3,(H,31,39)(H2,33,34,35,36). The van der Waals surface area contributed by atoms with Crippen molar-refractivity contribution in [3.8, 4) is 5.75 Å². The van der Waals surface area contributed by atoms with E-state index in [0.29, 0.717) is 29.1 Å². The minimum Gasteiger partial charge on any atom is -0.494 e. The van der Waals surface area contributed by atoms with E-state index in [-0.39, 0.29) is 5.91 Å². The van der Waals surface area contributed by atoms with Crippen molar-refractivity contribution >= 4 is 45.8 Å². The summed E-state index contributed by atoms with van der Waals surface area (Å²) in [6.07, 6.45) is 6.90. The van der Waals surface area contributed by atoms with Gasteiger partial charge in [0, 0.05) is 44.1 Å². The molecule has 2 fully saturated rings. The Labute approximate surface area is 234 Å². The minimum absolute atomic E-state index is 0.177. The zero-order chi connectivity index (χ0) is 27.5. The van der Waals surface area contributed by atoms with Gasteiger partial charge in [0.2, 0.25) is 5.95 Å². The average Bonchev–Trinajstić information content (AvgIpc) is 3.70. The quantitative estimate of drug-likeness (QED) is 0.250. The molecule has 208 valence electrons. The van der Waals surface area contributed by atoms with E-state index in [0.717, 1.165) is 41.2 Å². The lowest BCUT2D eigenvalue weighted by Gasteiger charge is -2.38. The number of aromatic nitrogens is 3. The molecular formula is C30H36N8O2. The number of hydrogen-bond donors (Lipinski definition) is 4. The number of hydrogen-bond acceptors (Lipinski definition) is 8. The maximum atomic E-state index is 12.4. The first-order chi connectivity index (χ1) is 19.6. The highest BCUT2D eigenvalue weighted by Gasteiger charge is 2.27. The molecule has 2 aromatic carbocycles. The molecule has 6 rings (SSSR count). The SMILES string of the molecule is CNC(=O)c1ccccc1Nc1nc(Nc2ccc(N3CCC(N4CCCC4)CC3)cc2OC)nc2cc[nH]c12. The Hall–Kier alpha value is -4.31. The number of H-pyrrole nitrogens is 1. The van der Waals surface area contributed by atoms with Crippen molar-refractivity contribution in [3.63, 3.8) is 0 Å². The second kappa shape index (κ2) is 11.4. The first-order valence-corrected chi connectivity index (χ1v) is 14.0. The number of amides is 1. The van der Waals surface area contributed by atoms with E-state index in [2.05, 4.69) is 42.9 Å². The monoisotopic (exact) mass is 540 g/mol. The van der Waals surface area contributed by atoms with Gasteiger partial charge in [-0.3, -0.25) is 4.79 Å². The Balaban J connectivity index is 1.22. The van der Waals surface area contributed by atoms with E-state index in [9.17, 15) is 4.79 Å². The molecule has 2 aliphatic rings. The first kappa shape index (κ1) is 25.9. The lowest BCUT2D eigenvalue weighted by Crippen LogP contribution is -2.43. The average molecular weight is 541 g/mol. The number of likely N-dealkylation sites (tertiary alicyclic amines) is 1. The summed E-state index contributed by atoms with van der Waals surface area (Å²) < 4.78 is 5.79. The lowest BCUT2D eigenvalue weighted by molar-refractivity contribution is 0.0964. The van der Waals surface area contributed by atoms with Gasteiger partial charge in [-0.05, 0) is 69.1 Å². The normalized spacial score (nSPS) is 16.3. The number of para-hydroxylation sites is 1. The molecule has 4 aromatic rings. The molecule has 2 aromatic heterocycles. The summed E-state index contributed by atoms with van der Waals surface area (Å²) in [7, 11) is 3.30. The van der Waals surface area contributed by atoms with Crippen molar-refractivity contribution in [1.29, 1.82) is 0 Å². The molecule has 0 spiro atoms. The fraction of sp³-hybridized carbons (Fsp3) is 0.367. The van der Waals surface area contributed by atoms with Gasteiger partial charge < -0.3 is 35.5 Å². The van der Waals surface area contributed by atoms with Crippen molar-refractivity contribution in [2.75, 3.05) is 55.9 Å². The first-order valence-electron chi connectivity index (χ1n) is 14.0. The van der Waals surface area contributed by atoms with E-state index in [1.165, 1.54) is 38.8 Å². The Kier molecular flexibility index (Phi) is 7.41. The van der Waals surface area contributed by atoms with E-state index in [4.69, 9.17) is 14.7 Å². The fourth-order valence-electron chi connectivity index (χ4n) is 5.84. The number of carbonyl (C=O) groups is 1. The zero-order valence-corrected chi connectivity index (χ0v) is 23.0. The van der Waals surface area contributed by atoms with Gasteiger partial charge in [0.1, 0.15) is 11.3 Å². The summed E-state index contributed by atoms with van der Waals surface area (Å²) in [5.41, 5.74) is 4.62. The van der Waals surface area contributed by atoms with Crippen LogP contribution >= 0.6 is 0 Å². The Morgan fingerprint density at radius 2 is 1.77 bits per heavy atom. The predicted octanol–water partition coefficient (Wildman–Crippen LogP) is 4.88. The molecule has 1 amide bonds. The maximum absolute atomic E-state index is 12.4. The molecule has 0 bridgehead atoms. The topological polar surface area (TPSA) is 110 Å². The second-order valence-corrected chi connectivity index (χ2v) is 10.4. The highest BCUT2D eigenvalue weighted by molar-refractivity contribution is 6.01. The van der Waals surface area contributed by atoms with Crippen molar-refractivity contribution in [1.82, 2.24) is 25.2 Å². The molecular weight excluding hydrogens is 504 g/mol. The highest BCUT2D eigenvalue weighted by Crippen LogP contribution is 2.34. The van der Waals surface area contributed by atoms with Crippen LogP contribution in [0.4, 0.5) is 28.8 Å². The molecule has 0 saturated carbocycles. The van der Waals surface area contributed by atoms with Crippen LogP contribution < -0.4 is 25.6 Å². The van der Waals surface area contributed by atoms with Gasteiger partial charge in [0.15, 0.2) is 5.82 Å². The van der Waals surface area contributed by atoms with Crippen LogP contribution in [0.3, 0.4) is 0 Å². The number of piperidine rings is 1. The van der Waals surface area contributed by atoms with Crippen LogP contribution in [-0.4, -0.2) is 72.1 Å². The lowest BCUT2D eigenvalue weighted by atomic mass is 10.0. The number of benzene rings is 2. The van der Waals surface area contributed by atoms with E-state index in [1.807, 2.05) is 36.5 Å². The number of nitrogens with one attached hydrogen (secondary N) is 4. The number of methoxy groups -OCH3 is 1. The smallest absolute Gasteiger partial charge is 0.253 e. The number of fused-ring (bicyclic) bond motifs is 1. The van der Waals surface area contributed by atoms with Gasteiger partial charge in [-0.15, -0.1) is 0 Å². The Bertz CT molecular complexity index is 1490. The van der Waals surface area contributed by atoms with Gasteiger partial charge in [-0.25, -0.2) is 4.98 Å². The van der Waals surface area contributed by atoms with Crippen molar-refractivity contribution in [2.45, 2.75) is 31.7 Å². The van der Waals surface area contributed by atoms with Crippen LogP contribution in [0.5, 0.6) is 5.75 Å². The number of ether oxygens (including phenoxy) is 1. The van der Waals surface area contributed by atoms with E-state index < -0.39 is 0 Å². The molecule has 0 atom stereocenters. The Morgan fingerprint density at radius 1 is 0.975 bits per heavy atom. The maximum Gasteiger partial charge on any atom is 0.253 e. The van der Waals surface area contributed by atoms with Crippen molar-refractivity contribution in [2.24, 2.45) is 0 Å². The summed E-state index contributed by atoms with van der Waals surface area (Å²) in [5.74, 6) is 1.54. The highest BCUT2D eigenvalue weighted by atomic mass is 16.5. The van der Waals surface area contributed by atoms with Crippen LogP contribution in [0.2, 0.25) is 0 Å². The predicted molar refractivity (Wildman–Crippen MR) is 159 cm³/mol. The molecule has 10 nitrogen and oxygen atoms in total. The summed E-state index contributed by atoms with van der Waals surface area (Å²) >= 11 is 0. The minimum atomic E-state index is -0.177. The molecule has 0 radical (unpaired) electrons. The third-order valence-corrected chi connectivity index (χ3v) is 7.98. The number of rotatable bonds is 8. The van der Waals surface area contributed by atoms with Gasteiger partial charge >= 0.3 is 0 Å². The van der Waals surface area contributed by atoms with Crippen LogP contribution in [0.1, 0.15) is 36.0 Å². The molecule has 2 saturated heterocycles. The molecule has 2 aliphatic heterocycles. The van der Waals surface area contributed by atoms with Gasteiger partial charge in [-0.1, -0.05) is 12.1 Å². The van der Waals surface area contributed by atoms with Gasteiger partial charge in [-0.2, -0.15) is 4.98 Å². The molecule has 4 N–H and O–H groups in total. The number of nitrogens with zero attached hydrogens (tertiary/aromatic N) is 4. The zero-order valence-electron chi connectivity index (χ0n) is 23.0. The van der Waals surface area contributed by atoms with Crippen LogP contribution in [0, 0.1) is 0 Å². The third-order valence-electron chi connectivity index (χ3n) is 7.98. The molecule has 4 heterocycles. The molecule has 0 aliphatic carbocycles. The fourth-order valence-corrected chi connectivity index (χ4v) is 5.84. The number of anilines is 5. The van der Waals surface area contributed by atoms with Crippen LogP contribution in [0.25, 0.3) is 11.0 Å². The second-order valence-electron chi connectivity index (χ2n) is 10.4. The number of carbonyl (C=O) groups excluding carboxylic acids is 1. The summed E-state index contributed by atoms with van der Waals surface area (Å²) in [6, 6.07) is 16.2. The van der Waals surface area contributed by atoms with E-state index >= 15 is 0 Å². The summed E-state index contributed by atoms with van der Waals surface area (Å²) in [6.45, 7) is 4.62. The molecule has 40 heavy (non-hydrogen) atoms. The van der Waals surface area contributed by atoms with Gasteiger partial charge in [0.25, 0.3) is 5.91 Å². The Morgan fingerprint density at radius 3 is 2.55 bits per heavy atom. The summed E-state index contributed by atoms with van der Waals surface area (Å²) in [4.78, 5) is 30.2. The summed E-state index contributed by atoms with van der Waals surface area (Å²) in [5, 5.41) is 9.36. The van der Waals surface area contributed by atoms with Crippen LogP contribution in [0.15, 0.2) is 54.7 Å². The van der Waals surface area contributed by atoms with Crippen molar-refractivity contribution < 1.29 is 9.53 Å². The molecule has 0 unspecified atom stereocenters. The largest absolute Gasteiger partial charge is 0.494 e. The van der Waals surface area contributed by atoms with Gasteiger partial charge in [0.05, 0.1) is 29.6 Å². The van der Waals surface area contributed by atoms with Crippen molar-refractivity contribution in [3.05, 3.63) is 60.3 Å². The third kappa shape index (κ3) is 5.27. The number of aromatic amines is 1. The van der Waals surface area contributed by atoms with Crippen LogP contribution in [-0.2, 0) is 0 Å². The van der Waals surface area contributed by atoms with E-state index in [1.54, 1.807) is 20.2 Å². The molecule has 10 heteroatoms.